The molecular formula is C13H13F3N2O2. The molecule has 2 N–H and O–H groups in total. The minimum atomic E-state index is -4.52. The third-order valence-electron chi connectivity index (χ3n) is 3.22. The molecule has 2 amide bonds. The van der Waals surface area contributed by atoms with Gasteiger partial charge in [-0.25, -0.2) is 4.90 Å². The zero-order valence-corrected chi connectivity index (χ0v) is 10.9. The lowest BCUT2D eigenvalue weighted by Crippen LogP contribution is -2.33. The number of carbonyl (C=O) groups is 2. The van der Waals surface area contributed by atoms with Crippen molar-refractivity contribution < 1.29 is 22.8 Å². The molecule has 1 aromatic rings. The van der Waals surface area contributed by atoms with Crippen molar-refractivity contribution in [1.29, 1.82) is 0 Å². The monoisotopic (exact) mass is 286 g/mol. The fraction of sp³-hybridized carbons (Fsp3) is 0.385. The zero-order chi connectivity index (χ0) is 15.3. The smallest absolute Gasteiger partial charge is 0.397 e. The molecule has 4 nitrogen and oxygen atoms in total. The summed E-state index contributed by atoms with van der Waals surface area (Å²) in [6, 6.07) is 2.58. The van der Waals surface area contributed by atoms with E-state index in [0.29, 0.717) is 0 Å². The topological polar surface area (TPSA) is 63.4 Å². The number of nitrogens with zero attached hydrogens (tertiary/aromatic N) is 1. The van der Waals surface area contributed by atoms with Crippen LogP contribution in [-0.4, -0.2) is 11.8 Å². The largest absolute Gasteiger partial charge is 0.416 e. The lowest BCUT2D eigenvalue weighted by Gasteiger charge is -2.20. The zero-order valence-electron chi connectivity index (χ0n) is 10.9. The Morgan fingerprint density at radius 1 is 1.25 bits per heavy atom. The molecule has 0 aliphatic carbocycles. The van der Waals surface area contributed by atoms with Crippen molar-refractivity contribution in [2.24, 2.45) is 5.41 Å². The number of nitrogens with two attached hydrogens (primary N) is 1. The SMILES string of the molecule is CC1(C)CC(=O)N(c2ccc(C(F)(F)F)cc2N)C1=O. The van der Waals surface area contributed by atoms with E-state index in [2.05, 4.69) is 0 Å². The first kappa shape index (κ1) is 14.4. The van der Waals surface area contributed by atoms with Crippen molar-refractivity contribution in [3.05, 3.63) is 23.8 Å². The number of hydrogen-bond donors (Lipinski definition) is 1. The fourth-order valence-corrected chi connectivity index (χ4v) is 2.13. The van der Waals surface area contributed by atoms with Gasteiger partial charge in [0.15, 0.2) is 0 Å². The van der Waals surface area contributed by atoms with E-state index in [1.807, 2.05) is 0 Å². The number of amides is 2. The van der Waals surface area contributed by atoms with Gasteiger partial charge in [-0.15, -0.1) is 0 Å². The van der Waals surface area contributed by atoms with Gasteiger partial charge in [-0.1, -0.05) is 13.8 Å². The lowest BCUT2D eigenvalue weighted by atomic mass is 9.92. The summed E-state index contributed by atoms with van der Waals surface area (Å²) in [5.41, 5.74) is 3.52. The van der Waals surface area contributed by atoms with Crippen LogP contribution < -0.4 is 10.6 Å². The average Bonchev–Trinajstić information content (AvgIpc) is 2.48. The quantitative estimate of drug-likeness (QED) is 0.637. The molecule has 0 spiro atoms. The molecule has 0 bridgehead atoms. The molecule has 2 rings (SSSR count). The van der Waals surface area contributed by atoms with Gasteiger partial charge < -0.3 is 5.73 Å². The average molecular weight is 286 g/mol. The highest BCUT2D eigenvalue weighted by molar-refractivity contribution is 6.23. The Morgan fingerprint density at radius 3 is 2.25 bits per heavy atom. The Hall–Kier alpha value is -2.05. The Bertz CT molecular complexity index is 594. The van der Waals surface area contributed by atoms with Gasteiger partial charge in [-0.05, 0) is 18.2 Å². The maximum Gasteiger partial charge on any atom is 0.416 e. The van der Waals surface area contributed by atoms with Crippen LogP contribution in [0.25, 0.3) is 0 Å². The van der Waals surface area contributed by atoms with Crippen LogP contribution in [0.4, 0.5) is 24.5 Å². The summed E-state index contributed by atoms with van der Waals surface area (Å²) >= 11 is 0. The van der Waals surface area contributed by atoms with Gasteiger partial charge in [0.1, 0.15) is 0 Å². The van der Waals surface area contributed by atoms with E-state index in [1.165, 1.54) is 0 Å². The first-order valence-electron chi connectivity index (χ1n) is 5.88. The molecule has 1 heterocycles. The van der Waals surface area contributed by atoms with Crippen molar-refractivity contribution in [2.45, 2.75) is 26.4 Å². The van der Waals surface area contributed by atoms with Gasteiger partial charge in [0.05, 0.1) is 22.4 Å². The number of imide groups is 1. The molecule has 0 atom stereocenters. The summed E-state index contributed by atoms with van der Waals surface area (Å²) in [5, 5.41) is 0. The number of halogens is 3. The van der Waals surface area contributed by atoms with E-state index in [-0.39, 0.29) is 17.8 Å². The van der Waals surface area contributed by atoms with Crippen molar-refractivity contribution in [1.82, 2.24) is 0 Å². The summed E-state index contributed by atoms with van der Waals surface area (Å²) in [6.07, 6.45) is -4.52. The van der Waals surface area contributed by atoms with Crippen molar-refractivity contribution in [3.63, 3.8) is 0 Å². The third kappa shape index (κ3) is 2.23. The van der Waals surface area contributed by atoms with E-state index >= 15 is 0 Å². The number of carbonyl (C=O) groups excluding carboxylic acids is 2. The van der Waals surface area contributed by atoms with Gasteiger partial charge >= 0.3 is 6.18 Å². The van der Waals surface area contributed by atoms with Crippen LogP contribution in [-0.2, 0) is 15.8 Å². The van der Waals surface area contributed by atoms with Crippen molar-refractivity contribution >= 4 is 23.2 Å². The number of anilines is 2. The predicted octanol–water partition coefficient (Wildman–Crippen LogP) is 2.58. The van der Waals surface area contributed by atoms with E-state index < -0.39 is 29.0 Å². The molecule has 1 aliphatic rings. The Balaban J connectivity index is 2.45. The highest BCUT2D eigenvalue weighted by atomic mass is 19.4. The number of rotatable bonds is 1. The summed E-state index contributed by atoms with van der Waals surface area (Å²) in [7, 11) is 0. The molecular weight excluding hydrogens is 273 g/mol. The van der Waals surface area contributed by atoms with Gasteiger partial charge in [0.25, 0.3) is 0 Å². The maximum absolute atomic E-state index is 12.6. The van der Waals surface area contributed by atoms with Gasteiger partial charge in [0, 0.05) is 6.42 Å². The molecule has 20 heavy (non-hydrogen) atoms. The molecule has 1 saturated heterocycles. The minimum Gasteiger partial charge on any atom is -0.397 e. The second kappa shape index (κ2) is 4.22. The normalized spacial score (nSPS) is 18.8. The van der Waals surface area contributed by atoms with Crippen LogP contribution in [0.3, 0.4) is 0 Å². The molecule has 0 aromatic heterocycles. The Kier molecular flexibility index (Phi) is 3.03. The molecule has 0 saturated carbocycles. The van der Waals surface area contributed by atoms with Crippen LogP contribution in [0.1, 0.15) is 25.8 Å². The van der Waals surface area contributed by atoms with Crippen LogP contribution in [0.5, 0.6) is 0 Å². The second-order valence-electron chi connectivity index (χ2n) is 5.37. The molecule has 0 radical (unpaired) electrons. The lowest BCUT2D eigenvalue weighted by molar-refractivity contribution is -0.137. The minimum absolute atomic E-state index is 0.00132. The molecule has 1 fully saturated rings. The number of alkyl halides is 3. The van der Waals surface area contributed by atoms with E-state index in [1.54, 1.807) is 13.8 Å². The fourth-order valence-electron chi connectivity index (χ4n) is 2.13. The van der Waals surface area contributed by atoms with Gasteiger partial charge in [0.2, 0.25) is 11.8 Å². The highest BCUT2D eigenvalue weighted by Crippen LogP contribution is 2.39. The van der Waals surface area contributed by atoms with Crippen LogP contribution >= 0.6 is 0 Å². The Labute approximate surface area is 113 Å². The van der Waals surface area contributed by atoms with E-state index in [9.17, 15) is 22.8 Å². The molecule has 0 unspecified atom stereocenters. The molecule has 7 heteroatoms. The van der Waals surface area contributed by atoms with Crippen molar-refractivity contribution in [3.8, 4) is 0 Å². The first-order valence-corrected chi connectivity index (χ1v) is 5.88. The number of hydrogen-bond acceptors (Lipinski definition) is 3. The summed E-state index contributed by atoms with van der Waals surface area (Å²) in [6.45, 7) is 3.21. The van der Waals surface area contributed by atoms with Gasteiger partial charge in [-0.2, -0.15) is 13.2 Å². The number of benzene rings is 1. The molecule has 1 aliphatic heterocycles. The second-order valence-corrected chi connectivity index (χ2v) is 5.37. The first-order chi connectivity index (χ1) is 9.04. The standard InChI is InChI=1S/C13H13F3N2O2/c1-12(2)6-10(19)18(11(12)20)9-4-3-7(5-8(9)17)13(14,15)16/h3-5H,6,17H2,1-2H3. The summed E-state index contributed by atoms with van der Waals surface area (Å²) in [4.78, 5) is 24.8. The summed E-state index contributed by atoms with van der Waals surface area (Å²) < 4.78 is 37.7. The molecule has 1 aromatic carbocycles. The number of nitrogen functional groups attached to an aromatic ring is 1. The highest BCUT2D eigenvalue weighted by Gasteiger charge is 2.46. The van der Waals surface area contributed by atoms with Crippen LogP contribution in [0, 0.1) is 5.41 Å². The molecule has 108 valence electrons. The van der Waals surface area contributed by atoms with Gasteiger partial charge in [-0.3, -0.25) is 9.59 Å². The predicted molar refractivity (Wildman–Crippen MR) is 66.7 cm³/mol. The maximum atomic E-state index is 12.6. The Morgan fingerprint density at radius 2 is 1.85 bits per heavy atom. The van der Waals surface area contributed by atoms with Crippen molar-refractivity contribution in [2.75, 3.05) is 10.6 Å². The van der Waals surface area contributed by atoms with E-state index in [0.717, 1.165) is 23.1 Å². The third-order valence-corrected chi connectivity index (χ3v) is 3.22. The summed E-state index contributed by atoms with van der Waals surface area (Å²) in [5.74, 6) is -0.930. The van der Waals surface area contributed by atoms with Crippen LogP contribution in [0.2, 0.25) is 0 Å². The van der Waals surface area contributed by atoms with E-state index in [4.69, 9.17) is 5.73 Å². The van der Waals surface area contributed by atoms with Crippen LogP contribution in [0.15, 0.2) is 18.2 Å².